The van der Waals surface area contributed by atoms with Crippen LogP contribution in [0, 0.1) is 0 Å². The zero-order chi connectivity index (χ0) is 7.82. The normalized spacial score (nSPS) is 9.90. The molecule has 0 unspecified atom stereocenters. The molecule has 10 heavy (non-hydrogen) atoms. The van der Waals surface area contributed by atoms with Crippen molar-refractivity contribution in [1.29, 1.82) is 0 Å². The van der Waals surface area contributed by atoms with Crippen LogP contribution in [-0.2, 0) is 4.79 Å². The smallest absolute Gasteiger partial charge is 0.207 e. The highest BCUT2D eigenvalue weighted by molar-refractivity contribution is 5.45. The van der Waals surface area contributed by atoms with Gasteiger partial charge in [-0.25, -0.2) is 0 Å². The summed E-state index contributed by atoms with van der Waals surface area (Å²) in [5.41, 5.74) is 0. The summed E-state index contributed by atoms with van der Waals surface area (Å²) < 4.78 is 0. The Balaban J connectivity index is 2.83. The Bertz CT molecular complexity index is 85.1. The van der Waals surface area contributed by atoms with Crippen LogP contribution in [0.5, 0.6) is 0 Å². The predicted octanol–water partition coefficient (Wildman–Crippen LogP) is -0.787. The number of aliphatic hydroxyl groups excluding tert-OH is 1. The molecule has 0 saturated carbocycles. The Morgan fingerprint density at radius 2 is 2.10 bits per heavy atom. The van der Waals surface area contributed by atoms with Gasteiger partial charge < -0.3 is 15.5 Å². The summed E-state index contributed by atoms with van der Waals surface area (Å²) in [4.78, 5) is 9.69. The third kappa shape index (κ3) is 7.39. The fraction of sp³-hybridized carbons (Fsp3) is 0.833. The summed E-state index contributed by atoms with van der Waals surface area (Å²) in [5, 5.41) is 19.2. The molecule has 0 atom stereocenters. The van der Waals surface area contributed by atoms with Gasteiger partial charge in [-0.15, -0.1) is 0 Å². The van der Waals surface area contributed by atoms with Crippen LogP contribution in [0.1, 0.15) is 19.3 Å². The fourth-order valence-electron chi connectivity index (χ4n) is 0.613. The van der Waals surface area contributed by atoms with Crippen molar-refractivity contribution in [2.45, 2.75) is 25.6 Å². The van der Waals surface area contributed by atoms with Gasteiger partial charge in [0.05, 0.1) is 0 Å². The Labute approximate surface area is 59.9 Å². The van der Waals surface area contributed by atoms with Crippen molar-refractivity contribution >= 4 is 6.41 Å². The van der Waals surface area contributed by atoms with Gasteiger partial charge in [0, 0.05) is 6.54 Å². The largest absolute Gasteiger partial charge is 0.368 e. The second kappa shape index (κ2) is 6.51. The number of unbranched alkanes of at least 4 members (excludes halogenated alkanes) is 1. The predicted molar refractivity (Wildman–Crippen MR) is 36.1 cm³/mol. The van der Waals surface area contributed by atoms with Crippen LogP contribution in [0.2, 0.25) is 0 Å². The molecule has 0 bridgehead atoms. The number of hydrogen-bond donors (Lipinski definition) is 3. The molecule has 0 aliphatic heterocycles. The average Bonchev–Trinajstić information content (AvgIpc) is 1.87. The number of hydrogen-bond acceptors (Lipinski definition) is 3. The van der Waals surface area contributed by atoms with E-state index in [9.17, 15) is 4.79 Å². The third-order valence-corrected chi connectivity index (χ3v) is 1.12. The summed E-state index contributed by atoms with van der Waals surface area (Å²) in [5.74, 6) is 0. The lowest BCUT2D eigenvalue weighted by Crippen LogP contribution is -2.13. The van der Waals surface area contributed by atoms with Crippen LogP contribution in [0.15, 0.2) is 0 Å². The standard InChI is InChI=1S/C6H13NO3/c8-5-7-4-2-1-3-6(9)10/h5-6,9-10H,1-4H2,(H,7,8). The second-order valence-electron chi connectivity index (χ2n) is 2.05. The van der Waals surface area contributed by atoms with E-state index < -0.39 is 6.29 Å². The quantitative estimate of drug-likeness (QED) is 0.262. The third-order valence-electron chi connectivity index (χ3n) is 1.12. The van der Waals surface area contributed by atoms with Gasteiger partial charge in [0.2, 0.25) is 6.41 Å². The van der Waals surface area contributed by atoms with Gasteiger partial charge in [-0.2, -0.15) is 0 Å². The molecule has 0 aromatic heterocycles. The minimum atomic E-state index is -1.21. The fourth-order valence-corrected chi connectivity index (χ4v) is 0.613. The zero-order valence-electron chi connectivity index (χ0n) is 5.79. The Morgan fingerprint density at radius 1 is 1.40 bits per heavy atom. The Morgan fingerprint density at radius 3 is 2.60 bits per heavy atom. The van der Waals surface area contributed by atoms with Crippen LogP contribution in [0.4, 0.5) is 0 Å². The lowest BCUT2D eigenvalue weighted by atomic mass is 10.2. The first-order valence-corrected chi connectivity index (χ1v) is 3.30. The van der Waals surface area contributed by atoms with Crippen LogP contribution in [-0.4, -0.2) is 29.5 Å². The minimum Gasteiger partial charge on any atom is -0.368 e. The molecule has 60 valence electrons. The number of amides is 1. The van der Waals surface area contributed by atoms with Gasteiger partial charge in [-0.1, -0.05) is 0 Å². The van der Waals surface area contributed by atoms with Crippen molar-refractivity contribution in [3.8, 4) is 0 Å². The first-order valence-electron chi connectivity index (χ1n) is 3.30. The molecule has 0 fully saturated rings. The molecule has 4 heteroatoms. The SMILES string of the molecule is O=CNCCCCC(O)O. The van der Waals surface area contributed by atoms with E-state index in [0.29, 0.717) is 19.4 Å². The molecule has 0 aromatic rings. The summed E-state index contributed by atoms with van der Waals surface area (Å²) in [6, 6.07) is 0. The van der Waals surface area contributed by atoms with Crippen LogP contribution in [0.25, 0.3) is 0 Å². The number of aliphatic hydroxyl groups is 2. The molecule has 4 nitrogen and oxygen atoms in total. The molecule has 0 spiro atoms. The number of carbonyl (C=O) groups is 1. The Kier molecular flexibility index (Phi) is 6.11. The van der Waals surface area contributed by atoms with Crippen molar-refractivity contribution in [1.82, 2.24) is 5.32 Å². The van der Waals surface area contributed by atoms with E-state index in [1.807, 2.05) is 0 Å². The van der Waals surface area contributed by atoms with E-state index >= 15 is 0 Å². The summed E-state index contributed by atoms with van der Waals surface area (Å²) in [7, 11) is 0. The van der Waals surface area contributed by atoms with E-state index in [0.717, 1.165) is 12.8 Å². The second-order valence-corrected chi connectivity index (χ2v) is 2.05. The van der Waals surface area contributed by atoms with E-state index in [1.165, 1.54) is 0 Å². The van der Waals surface area contributed by atoms with Gasteiger partial charge in [0.1, 0.15) is 0 Å². The lowest BCUT2D eigenvalue weighted by molar-refractivity contribution is -0.109. The van der Waals surface area contributed by atoms with Crippen LogP contribution < -0.4 is 5.32 Å². The van der Waals surface area contributed by atoms with Crippen LogP contribution in [0.3, 0.4) is 0 Å². The topological polar surface area (TPSA) is 69.6 Å². The van der Waals surface area contributed by atoms with Crippen molar-refractivity contribution in [3.63, 3.8) is 0 Å². The molecule has 1 amide bonds. The summed E-state index contributed by atoms with van der Waals surface area (Å²) >= 11 is 0. The molecule has 0 aliphatic rings. The zero-order valence-corrected chi connectivity index (χ0v) is 5.79. The highest BCUT2D eigenvalue weighted by Crippen LogP contribution is 1.96. The van der Waals surface area contributed by atoms with Crippen molar-refractivity contribution in [2.24, 2.45) is 0 Å². The monoisotopic (exact) mass is 147 g/mol. The molecule has 3 N–H and O–H groups in total. The number of carbonyl (C=O) groups excluding carboxylic acids is 1. The molecule has 0 radical (unpaired) electrons. The Hall–Kier alpha value is -0.610. The lowest BCUT2D eigenvalue weighted by Gasteiger charge is -2.01. The van der Waals surface area contributed by atoms with Crippen molar-refractivity contribution < 1.29 is 15.0 Å². The number of nitrogens with one attached hydrogen (secondary N) is 1. The molecule has 0 aromatic carbocycles. The molecular formula is C6H13NO3. The maximum atomic E-state index is 9.69. The van der Waals surface area contributed by atoms with Gasteiger partial charge in [-0.3, -0.25) is 4.79 Å². The van der Waals surface area contributed by atoms with Crippen LogP contribution >= 0.6 is 0 Å². The summed E-state index contributed by atoms with van der Waals surface area (Å²) in [6.45, 7) is 0.607. The van der Waals surface area contributed by atoms with Gasteiger partial charge >= 0.3 is 0 Å². The first-order chi connectivity index (χ1) is 4.77. The number of rotatable bonds is 6. The maximum absolute atomic E-state index is 9.69. The van der Waals surface area contributed by atoms with Gasteiger partial charge in [0.25, 0.3) is 0 Å². The van der Waals surface area contributed by atoms with Gasteiger partial charge in [0.15, 0.2) is 6.29 Å². The van der Waals surface area contributed by atoms with E-state index in [4.69, 9.17) is 10.2 Å². The highest BCUT2D eigenvalue weighted by atomic mass is 16.5. The molecule has 0 aliphatic carbocycles. The van der Waals surface area contributed by atoms with Crippen molar-refractivity contribution in [3.05, 3.63) is 0 Å². The summed E-state index contributed by atoms with van der Waals surface area (Å²) in [6.07, 6.45) is 1.31. The maximum Gasteiger partial charge on any atom is 0.207 e. The van der Waals surface area contributed by atoms with E-state index in [2.05, 4.69) is 5.32 Å². The minimum absolute atomic E-state index is 0.376. The highest BCUT2D eigenvalue weighted by Gasteiger charge is 1.95. The molecule has 0 heterocycles. The molecule has 0 rings (SSSR count). The van der Waals surface area contributed by atoms with E-state index in [1.54, 1.807) is 0 Å². The molecular weight excluding hydrogens is 134 g/mol. The van der Waals surface area contributed by atoms with Gasteiger partial charge in [-0.05, 0) is 19.3 Å². The molecule has 0 saturated heterocycles. The van der Waals surface area contributed by atoms with Crippen molar-refractivity contribution in [2.75, 3.05) is 6.54 Å². The first kappa shape index (κ1) is 9.39. The van der Waals surface area contributed by atoms with E-state index in [-0.39, 0.29) is 0 Å². The average molecular weight is 147 g/mol.